The van der Waals surface area contributed by atoms with Crippen LogP contribution in [0.4, 0.5) is 0 Å². The number of nitrogens with zero attached hydrogens (tertiary/aromatic N) is 1. The van der Waals surface area contributed by atoms with Gasteiger partial charge in [0.2, 0.25) is 15.9 Å². The third-order valence-electron chi connectivity index (χ3n) is 4.46. The lowest BCUT2D eigenvalue weighted by molar-refractivity contribution is -0.122. The van der Waals surface area contributed by atoms with Crippen LogP contribution in [0.5, 0.6) is 0 Å². The van der Waals surface area contributed by atoms with Crippen LogP contribution in [-0.2, 0) is 27.8 Å². The Hall–Kier alpha value is -2.55. The first-order chi connectivity index (χ1) is 13.8. The highest BCUT2D eigenvalue weighted by Crippen LogP contribution is 2.18. The van der Waals surface area contributed by atoms with Crippen molar-refractivity contribution in [1.29, 1.82) is 0 Å². The monoisotopic (exact) mass is 429 g/mol. The molecular weight excluding hydrogens is 406 g/mol. The van der Waals surface area contributed by atoms with Gasteiger partial charge in [0.1, 0.15) is 6.04 Å². The van der Waals surface area contributed by atoms with E-state index in [0.717, 1.165) is 16.8 Å². The summed E-state index contributed by atoms with van der Waals surface area (Å²) in [5, 5.41) is 4.62. The fourth-order valence-corrected chi connectivity index (χ4v) is 4.99. The first-order valence-corrected chi connectivity index (χ1v) is 11.6. The molecule has 6 nitrogen and oxygen atoms in total. The number of sulfonamides is 1. The maximum absolute atomic E-state index is 13.0. The largest absolute Gasteiger partial charge is 0.349 e. The number of carbonyl (C=O) groups excluding carboxylic acids is 1. The number of hydrogen-bond donors (Lipinski definition) is 2. The van der Waals surface area contributed by atoms with Gasteiger partial charge in [0, 0.05) is 5.38 Å². The zero-order chi connectivity index (χ0) is 20.9. The first kappa shape index (κ1) is 21.2. The Labute approximate surface area is 175 Å². The third kappa shape index (κ3) is 5.72. The number of aromatic nitrogens is 1. The predicted molar refractivity (Wildman–Crippen MR) is 114 cm³/mol. The number of benzene rings is 2. The van der Waals surface area contributed by atoms with Gasteiger partial charge in [0.05, 0.1) is 22.6 Å². The van der Waals surface area contributed by atoms with Crippen LogP contribution in [-0.4, -0.2) is 25.4 Å². The number of carbonyl (C=O) groups is 1. The Kier molecular flexibility index (Phi) is 6.79. The van der Waals surface area contributed by atoms with Gasteiger partial charge in [0.15, 0.2) is 0 Å². The van der Waals surface area contributed by atoms with Crippen LogP contribution in [0, 0.1) is 13.8 Å². The molecule has 0 aliphatic rings. The number of hydrogen-bond acceptors (Lipinski definition) is 5. The van der Waals surface area contributed by atoms with Gasteiger partial charge in [-0.3, -0.25) is 4.79 Å². The van der Waals surface area contributed by atoms with E-state index in [1.165, 1.54) is 11.3 Å². The lowest BCUT2D eigenvalue weighted by Gasteiger charge is -2.19. The molecule has 0 aliphatic carbocycles. The van der Waals surface area contributed by atoms with Crippen molar-refractivity contribution < 1.29 is 13.2 Å². The molecule has 0 fully saturated rings. The molecule has 8 heteroatoms. The van der Waals surface area contributed by atoms with E-state index in [0.29, 0.717) is 5.56 Å². The van der Waals surface area contributed by atoms with Crippen LogP contribution in [0.3, 0.4) is 0 Å². The molecule has 2 aromatic carbocycles. The molecule has 0 spiro atoms. The van der Waals surface area contributed by atoms with Gasteiger partial charge in [0.25, 0.3) is 0 Å². The molecule has 152 valence electrons. The molecule has 0 saturated heterocycles. The molecule has 1 aromatic heterocycles. The minimum atomic E-state index is -3.87. The number of nitrogens with one attached hydrogen (secondary N) is 2. The van der Waals surface area contributed by atoms with E-state index in [1.54, 1.807) is 24.6 Å². The van der Waals surface area contributed by atoms with Crippen molar-refractivity contribution in [2.24, 2.45) is 0 Å². The second-order valence-electron chi connectivity index (χ2n) is 6.83. The molecule has 29 heavy (non-hydrogen) atoms. The highest BCUT2D eigenvalue weighted by atomic mass is 32.2. The molecule has 2 N–H and O–H groups in total. The Morgan fingerprint density at radius 1 is 1.14 bits per heavy atom. The SMILES string of the molecule is Cc1ccc(C)c(S(=O)(=O)NC(Cc2ccccc2)C(=O)NCc2cscn2)c1. The summed E-state index contributed by atoms with van der Waals surface area (Å²) in [6.45, 7) is 3.82. The molecular formula is C21H23N3O3S2. The molecule has 0 bridgehead atoms. The zero-order valence-electron chi connectivity index (χ0n) is 16.3. The second-order valence-corrected chi connectivity index (χ2v) is 9.23. The van der Waals surface area contributed by atoms with Crippen molar-refractivity contribution in [2.75, 3.05) is 0 Å². The Bertz CT molecular complexity index is 1070. The van der Waals surface area contributed by atoms with Gasteiger partial charge in [-0.25, -0.2) is 13.4 Å². The second kappa shape index (κ2) is 9.30. The summed E-state index contributed by atoms with van der Waals surface area (Å²) in [5.74, 6) is -0.393. The van der Waals surface area contributed by atoms with Gasteiger partial charge in [-0.05, 0) is 43.0 Å². The van der Waals surface area contributed by atoms with E-state index >= 15 is 0 Å². The summed E-state index contributed by atoms with van der Waals surface area (Å²) in [6, 6.07) is 13.6. The van der Waals surface area contributed by atoms with E-state index in [2.05, 4.69) is 15.0 Å². The molecule has 3 aromatic rings. The maximum Gasteiger partial charge on any atom is 0.241 e. The van der Waals surface area contributed by atoms with Crippen molar-refractivity contribution in [3.8, 4) is 0 Å². The van der Waals surface area contributed by atoms with Crippen LogP contribution < -0.4 is 10.0 Å². The number of rotatable bonds is 8. The average Bonchev–Trinajstić information content (AvgIpc) is 3.21. The lowest BCUT2D eigenvalue weighted by atomic mass is 10.1. The minimum Gasteiger partial charge on any atom is -0.349 e. The average molecular weight is 430 g/mol. The van der Waals surface area contributed by atoms with Crippen LogP contribution in [0.2, 0.25) is 0 Å². The highest BCUT2D eigenvalue weighted by Gasteiger charge is 2.27. The van der Waals surface area contributed by atoms with E-state index in [1.807, 2.05) is 48.7 Å². The molecule has 1 unspecified atom stereocenters. The Morgan fingerprint density at radius 3 is 2.59 bits per heavy atom. The number of thiazole rings is 1. The van der Waals surface area contributed by atoms with Gasteiger partial charge < -0.3 is 5.32 Å². The normalized spacial score (nSPS) is 12.5. The quantitative estimate of drug-likeness (QED) is 0.576. The molecule has 0 saturated carbocycles. The van der Waals surface area contributed by atoms with E-state index in [-0.39, 0.29) is 17.9 Å². The standard InChI is InChI=1S/C21H23N3O3S2/c1-15-8-9-16(2)20(10-15)29(26,27)24-19(11-17-6-4-3-5-7-17)21(25)22-12-18-13-28-14-23-18/h3-10,13-14,19,24H,11-12H2,1-2H3,(H,22,25). The van der Waals surface area contributed by atoms with Gasteiger partial charge in [-0.15, -0.1) is 11.3 Å². The number of aryl methyl sites for hydroxylation is 2. The van der Waals surface area contributed by atoms with Gasteiger partial charge in [-0.2, -0.15) is 4.72 Å². The molecule has 3 rings (SSSR count). The zero-order valence-corrected chi connectivity index (χ0v) is 17.9. The molecule has 1 heterocycles. The molecule has 1 amide bonds. The summed E-state index contributed by atoms with van der Waals surface area (Å²) < 4.78 is 28.7. The summed E-state index contributed by atoms with van der Waals surface area (Å²) in [4.78, 5) is 17.2. The summed E-state index contributed by atoms with van der Waals surface area (Å²) >= 11 is 1.44. The lowest BCUT2D eigenvalue weighted by Crippen LogP contribution is -2.47. The van der Waals surface area contributed by atoms with Crippen molar-refractivity contribution in [1.82, 2.24) is 15.0 Å². The minimum absolute atomic E-state index is 0.183. The fourth-order valence-electron chi connectivity index (χ4n) is 2.91. The third-order valence-corrected chi connectivity index (χ3v) is 6.71. The van der Waals surface area contributed by atoms with Crippen molar-refractivity contribution in [2.45, 2.75) is 37.8 Å². The number of amides is 1. The smallest absolute Gasteiger partial charge is 0.241 e. The first-order valence-electron chi connectivity index (χ1n) is 9.13. The van der Waals surface area contributed by atoms with E-state index in [4.69, 9.17) is 0 Å². The van der Waals surface area contributed by atoms with Crippen LogP contribution >= 0.6 is 11.3 Å². The van der Waals surface area contributed by atoms with Crippen molar-refractivity contribution in [3.05, 3.63) is 81.8 Å². The van der Waals surface area contributed by atoms with Crippen molar-refractivity contribution >= 4 is 27.3 Å². The van der Waals surface area contributed by atoms with Crippen LogP contribution in [0.25, 0.3) is 0 Å². The van der Waals surface area contributed by atoms with Gasteiger partial charge >= 0.3 is 0 Å². The molecule has 0 aliphatic heterocycles. The summed E-state index contributed by atoms with van der Waals surface area (Å²) in [5.41, 5.74) is 4.75. The van der Waals surface area contributed by atoms with E-state index in [9.17, 15) is 13.2 Å². The van der Waals surface area contributed by atoms with Crippen molar-refractivity contribution in [3.63, 3.8) is 0 Å². The summed E-state index contributed by atoms with van der Waals surface area (Å²) in [6.07, 6.45) is 0.244. The fraction of sp³-hybridized carbons (Fsp3) is 0.238. The Morgan fingerprint density at radius 2 is 1.90 bits per heavy atom. The van der Waals surface area contributed by atoms with Gasteiger partial charge in [-0.1, -0.05) is 42.5 Å². The van der Waals surface area contributed by atoms with Crippen LogP contribution in [0.1, 0.15) is 22.4 Å². The maximum atomic E-state index is 13.0. The Balaban J connectivity index is 1.83. The predicted octanol–water partition coefficient (Wildman–Crippen LogP) is 2.97. The van der Waals surface area contributed by atoms with E-state index < -0.39 is 22.0 Å². The highest BCUT2D eigenvalue weighted by molar-refractivity contribution is 7.89. The molecule has 1 atom stereocenters. The summed E-state index contributed by atoms with van der Waals surface area (Å²) in [7, 11) is -3.87. The topological polar surface area (TPSA) is 88.2 Å². The molecule has 0 radical (unpaired) electrons. The van der Waals surface area contributed by atoms with Crippen LogP contribution in [0.15, 0.2) is 64.3 Å².